The van der Waals surface area contributed by atoms with Gasteiger partial charge in [-0.25, -0.2) is 9.18 Å². The number of anilines is 1. The molecule has 3 saturated heterocycles. The lowest BCUT2D eigenvalue weighted by Gasteiger charge is -2.38. The fraction of sp³-hybridized carbons (Fsp3) is 0.583. The third-order valence-corrected chi connectivity index (χ3v) is 11.6. The molecule has 0 aliphatic carbocycles. The quantitative estimate of drug-likeness (QED) is 0.377. The minimum Gasteiger partial charge on any atom is -0.342 e. The van der Waals surface area contributed by atoms with Gasteiger partial charge in [0.05, 0.1) is 5.25 Å². The predicted octanol–water partition coefficient (Wildman–Crippen LogP) is 6.14. The molecule has 4 aliphatic heterocycles. The van der Waals surface area contributed by atoms with Gasteiger partial charge in [-0.15, -0.1) is 11.8 Å². The van der Waals surface area contributed by atoms with E-state index in [1.54, 1.807) is 12.1 Å². The van der Waals surface area contributed by atoms with Crippen LogP contribution in [0.2, 0.25) is 0 Å². The van der Waals surface area contributed by atoms with Crippen molar-refractivity contribution < 1.29 is 18.8 Å². The van der Waals surface area contributed by atoms with Crippen LogP contribution in [0.15, 0.2) is 42.5 Å². The van der Waals surface area contributed by atoms with Gasteiger partial charge in [-0.1, -0.05) is 51.1 Å². The lowest BCUT2D eigenvalue weighted by atomic mass is 9.86. The molecule has 0 unspecified atom stereocenters. The highest BCUT2D eigenvalue weighted by molar-refractivity contribution is 8.01. The smallest absolute Gasteiger partial charge is 0.322 e. The van der Waals surface area contributed by atoms with E-state index in [1.165, 1.54) is 11.8 Å². The van der Waals surface area contributed by atoms with E-state index in [0.717, 1.165) is 61.2 Å². The molecular formula is C36H48FN5O3S. The van der Waals surface area contributed by atoms with Crippen LogP contribution < -0.4 is 10.6 Å². The van der Waals surface area contributed by atoms with Crippen LogP contribution in [0.5, 0.6) is 0 Å². The number of hydrogen-bond donors (Lipinski definition) is 2. The summed E-state index contributed by atoms with van der Waals surface area (Å²) in [7, 11) is 0. The Morgan fingerprint density at radius 3 is 2.46 bits per heavy atom. The van der Waals surface area contributed by atoms with Crippen molar-refractivity contribution >= 4 is 35.3 Å². The highest BCUT2D eigenvalue weighted by Crippen LogP contribution is 2.48. The minimum absolute atomic E-state index is 0.0220. The van der Waals surface area contributed by atoms with Gasteiger partial charge in [-0.3, -0.25) is 9.59 Å². The van der Waals surface area contributed by atoms with Gasteiger partial charge >= 0.3 is 6.03 Å². The Morgan fingerprint density at radius 1 is 0.978 bits per heavy atom. The first-order chi connectivity index (χ1) is 22.1. The number of amides is 4. The van der Waals surface area contributed by atoms with Crippen molar-refractivity contribution in [1.29, 1.82) is 0 Å². The van der Waals surface area contributed by atoms with Gasteiger partial charge in [0, 0.05) is 44.3 Å². The van der Waals surface area contributed by atoms with Crippen molar-refractivity contribution in [2.24, 2.45) is 5.41 Å². The van der Waals surface area contributed by atoms with Crippen molar-refractivity contribution in [1.82, 2.24) is 20.0 Å². The molecule has 0 saturated carbocycles. The van der Waals surface area contributed by atoms with Crippen LogP contribution in [0.3, 0.4) is 0 Å². The van der Waals surface area contributed by atoms with Gasteiger partial charge < -0.3 is 25.3 Å². The number of nitrogens with zero attached hydrogens (tertiary/aromatic N) is 3. The summed E-state index contributed by atoms with van der Waals surface area (Å²) in [6.07, 6.45) is 4.91. The molecular weight excluding hydrogens is 601 g/mol. The average Bonchev–Trinajstić information content (AvgIpc) is 3.23. The SMILES string of the molecule is CC(C)(C)CCN1C(=O)[C@H](CC(=O)N2CCC(N3CCc4ccccc4NC3=O)CC2)S[C@@H]1c1cccc(F)c1C1CCNCC1. The first-order valence-corrected chi connectivity index (χ1v) is 17.9. The lowest BCUT2D eigenvalue weighted by Crippen LogP contribution is -2.50. The van der Waals surface area contributed by atoms with E-state index in [2.05, 4.69) is 37.5 Å². The zero-order chi connectivity index (χ0) is 32.4. The summed E-state index contributed by atoms with van der Waals surface area (Å²) in [5.74, 6) is -0.132. The van der Waals surface area contributed by atoms with Gasteiger partial charge in [0.1, 0.15) is 11.2 Å². The molecule has 0 aromatic heterocycles. The molecule has 0 bridgehead atoms. The van der Waals surface area contributed by atoms with Crippen LogP contribution >= 0.6 is 11.8 Å². The van der Waals surface area contributed by atoms with Crippen molar-refractivity contribution in [2.45, 2.75) is 88.3 Å². The fourth-order valence-electron chi connectivity index (χ4n) is 7.41. The average molecular weight is 650 g/mol. The summed E-state index contributed by atoms with van der Waals surface area (Å²) in [5.41, 5.74) is 3.66. The molecule has 0 radical (unpaired) electrons. The van der Waals surface area contributed by atoms with Crippen molar-refractivity contribution in [3.63, 3.8) is 0 Å². The zero-order valence-electron chi connectivity index (χ0n) is 27.4. The minimum atomic E-state index is -0.505. The number of fused-ring (bicyclic) bond motifs is 1. The van der Waals surface area contributed by atoms with Crippen molar-refractivity contribution in [3.05, 3.63) is 65.0 Å². The Balaban J connectivity index is 1.13. The molecule has 2 atom stereocenters. The second-order valence-electron chi connectivity index (χ2n) is 14.4. The number of likely N-dealkylation sites (tertiary alicyclic amines) is 1. The topological polar surface area (TPSA) is 85.0 Å². The van der Waals surface area contributed by atoms with Gasteiger partial charge in [-0.2, -0.15) is 0 Å². The van der Waals surface area contributed by atoms with Crippen LogP contribution in [0.4, 0.5) is 14.9 Å². The highest BCUT2D eigenvalue weighted by Gasteiger charge is 2.44. The van der Waals surface area contributed by atoms with E-state index < -0.39 is 5.25 Å². The lowest BCUT2D eigenvalue weighted by molar-refractivity contribution is -0.137. The normalized spacial score (nSPS) is 23.3. The Hall–Kier alpha value is -3.11. The van der Waals surface area contributed by atoms with Crippen LogP contribution in [0, 0.1) is 11.2 Å². The second-order valence-corrected chi connectivity index (χ2v) is 15.7. The number of rotatable bonds is 7. The summed E-state index contributed by atoms with van der Waals surface area (Å²) in [6, 6.07) is 13.2. The summed E-state index contributed by atoms with van der Waals surface area (Å²) in [4.78, 5) is 46.4. The number of hydrogen-bond acceptors (Lipinski definition) is 5. The summed E-state index contributed by atoms with van der Waals surface area (Å²) >= 11 is 1.52. The number of para-hydroxylation sites is 1. The number of nitrogens with one attached hydrogen (secondary N) is 2. The number of piperidine rings is 2. The predicted molar refractivity (Wildman–Crippen MR) is 181 cm³/mol. The van der Waals surface area contributed by atoms with Crippen molar-refractivity contribution in [2.75, 3.05) is 44.6 Å². The Bertz CT molecular complexity index is 1430. The van der Waals surface area contributed by atoms with E-state index >= 15 is 4.39 Å². The summed E-state index contributed by atoms with van der Waals surface area (Å²) < 4.78 is 15.5. The van der Waals surface area contributed by atoms with Crippen molar-refractivity contribution in [3.8, 4) is 0 Å². The first-order valence-electron chi connectivity index (χ1n) is 17.0. The molecule has 10 heteroatoms. The van der Waals surface area contributed by atoms with E-state index in [1.807, 2.05) is 39.0 Å². The number of carbonyl (C=O) groups is 3. The molecule has 4 heterocycles. The maximum absolute atomic E-state index is 15.5. The summed E-state index contributed by atoms with van der Waals surface area (Å²) in [5, 5.41) is 5.62. The number of halogens is 1. The summed E-state index contributed by atoms with van der Waals surface area (Å²) in [6.45, 7) is 10.5. The Labute approximate surface area is 276 Å². The van der Waals surface area contributed by atoms with Gasteiger partial charge in [0.15, 0.2) is 0 Å². The highest BCUT2D eigenvalue weighted by atomic mass is 32.2. The maximum atomic E-state index is 15.5. The first kappa shape index (κ1) is 32.8. The maximum Gasteiger partial charge on any atom is 0.322 e. The standard InChI is InChI=1S/C36H48FN5O3S/c1-36(2,3)16-22-42-33(44)30(46-34(42)27-8-6-9-28(37)32(27)25-11-17-38-18-12-25)23-31(43)40-19-14-26(15-20-40)41-21-13-24-7-4-5-10-29(24)39-35(41)45/h4-10,25-26,30,34,38H,11-23H2,1-3H3,(H,39,45)/t30-,34+/m0/s1. The molecule has 4 amide bonds. The van der Waals surface area contributed by atoms with Crippen LogP contribution in [0.25, 0.3) is 0 Å². The molecule has 3 fully saturated rings. The molecule has 248 valence electrons. The van der Waals surface area contributed by atoms with Crippen LogP contribution in [-0.2, 0) is 16.0 Å². The van der Waals surface area contributed by atoms with E-state index in [0.29, 0.717) is 39.0 Å². The third-order valence-electron chi connectivity index (χ3n) is 10.1. The third kappa shape index (κ3) is 7.23. The second kappa shape index (κ2) is 13.9. The molecule has 8 nitrogen and oxygen atoms in total. The number of carbonyl (C=O) groups excluding carboxylic acids is 3. The molecule has 6 rings (SSSR count). The molecule has 46 heavy (non-hydrogen) atoms. The van der Waals surface area contributed by atoms with Gasteiger partial charge in [-0.05, 0) is 91.8 Å². The molecule has 2 aromatic carbocycles. The molecule has 4 aliphatic rings. The van der Waals surface area contributed by atoms with Crippen LogP contribution in [-0.4, -0.2) is 83.1 Å². The zero-order valence-corrected chi connectivity index (χ0v) is 28.2. The Kier molecular flexibility index (Phi) is 9.94. The van der Waals surface area contributed by atoms with E-state index in [4.69, 9.17) is 0 Å². The number of benzene rings is 2. The van der Waals surface area contributed by atoms with E-state index in [-0.39, 0.29) is 52.8 Å². The monoisotopic (exact) mass is 649 g/mol. The molecule has 0 spiro atoms. The largest absolute Gasteiger partial charge is 0.342 e. The van der Waals surface area contributed by atoms with E-state index in [9.17, 15) is 14.4 Å². The van der Waals surface area contributed by atoms with Gasteiger partial charge in [0.25, 0.3) is 0 Å². The molecule has 2 N–H and O–H groups in total. The number of thioether (sulfide) groups is 1. The van der Waals surface area contributed by atoms with Gasteiger partial charge in [0.2, 0.25) is 11.8 Å². The van der Waals surface area contributed by atoms with Crippen LogP contribution in [0.1, 0.15) is 87.3 Å². The number of urea groups is 1. The molecule has 2 aromatic rings. The Morgan fingerprint density at radius 2 is 1.72 bits per heavy atom. The fourth-order valence-corrected chi connectivity index (χ4v) is 8.92.